The molecule has 32 heavy (non-hydrogen) atoms. The van der Waals surface area contributed by atoms with Crippen molar-refractivity contribution in [2.24, 2.45) is 0 Å². The molecule has 2 aliphatic rings. The van der Waals surface area contributed by atoms with Gasteiger partial charge in [-0.1, -0.05) is 0 Å². The number of halogens is 1. The van der Waals surface area contributed by atoms with Crippen molar-refractivity contribution in [3.05, 3.63) is 55.0 Å². The highest BCUT2D eigenvalue weighted by Crippen LogP contribution is 2.34. The zero-order chi connectivity index (χ0) is 21.7. The molecule has 2 saturated heterocycles. The smallest absolute Gasteiger partial charge is 0.165 e. The van der Waals surface area contributed by atoms with Gasteiger partial charge in [0.2, 0.25) is 0 Å². The molecule has 0 saturated carbocycles. The minimum Gasteiger partial charge on any atom is -0.494 e. The van der Waals surface area contributed by atoms with E-state index in [2.05, 4.69) is 36.6 Å². The first kappa shape index (κ1) is 18.9. The van der Waals surface area contributed by atoms with Crippen LogP contribution in [0.25, 0.3) is 16.6 Å². The molecule has 2 fully saturated rings. The summed E-state index contributed by atoms with van der Waals surface area (Å²) in [7, 11) is 1.45. The van der Waals surface area contributed by atoms with Crippen molar-refractivity contribution in [1.82, 2.24) is 30.0 Å². The number of benzene rings is 1. The van der Waals surface area contributed by atoms with E-state index in [0.29, 0.717) is 34.6 Å². The minimum absolute atomic E-state index is 0.150. The van der Waals surface area contributed by atoms with Crippen LogP contribution in [0.4, 0.5) is 21.7 Å². The Morgan fingerprint density at radius 1 is 1.12 bits per heavy atom. The number of hydrogen-bond donors (Lipinski definition) is 2. The van der Waals surface area contributed by atoms with Gasteiger partial charge in [-0.05, 0) is 18.6 Å². The van der Waals surface area contributed by atoms with Crippen LogP contribution in [0, 0.1) is 5.82 Å². The number of rotatable bonds is 5. The summed E-state index contributed by atoms with van der Waals surface area (Å²) in [5, 5.41) is 12.0. The Labute approximate surface area is 183 Å². The van der Waals surface area contributed by atoms with E-state index in [0.717, 1.165) is 30.9 Å². The Kier molecular flexibility index (Phi) is 4.39. The molecule has 5 heterocycles. The number of aromatic nitrogens is 5. The van der Waals surface area contributed by atoms with Gasteiger partial charge in [-0.25, -0.2) is 14.1 Å². The van der Waals surface area contributed by atoms with Crippen LogP contribution in [0.1, 0.15) is 6.42 Å². The fraction of sp³-hybridized carbons (Fsp3) is 0.273. The van der Waals surface area contributed by atoms with Crippen LogP contribution in [-0.4, -0.2) is 57.0 Å². The van der Waals surface area contributed by atoms with Gasteiger partial charge < -0.3 is 20.3 Å². The maximum Gasteiger partial charge on any atom is 0.165 e. The summed E-state index contributed by atoms with van der Waals surface area (Å²) in [6.45, 7) is 1.95. The zero-order valence-electron chi connectivity index (χ0n) is 17.4. The number of methoxy groups -OCH3 is 1. The number of nitrogens with zero attached hydrogens (tertiary/aromatic N) is 6. The van der Waals surface area contributed by atoms with E-state index in [1.165, 1.54) is 13.2 Å². The first-order valence-electron chi connectivity index (χ1n) is 10.4. The lowest BCUT2D eigenvalue weighted by Crippen LogP contribution is -2.43. The lowest BCUT2D eigenvalue weighted by Gasteiger charge is -2.29. The molecular formula is C22H21FN8O. The standard InChI is InChI=1S/C22H21FN8O/c1-32-20-7-19-17(6-18(20)23)22(28-21-11-24-2-3-26-21)29-31(19)16-5-15(8-25-9-16)30-12-13-4-14(30)10-27-13/h2-3,5-9,11,13-14,27H,4,10,12H2,1H3,(H,26,28,29)/t13-,14-/m0/s1. The normalized spacial score (nSPS) is 19.6. The van der Waals surface area contributed by atoms with Gasteiger partial charge in [0.25, 0.3) is 0 Å². The van der Waals surface area contributed by atoms with Crippen LogP contribution in [-0.2, 0) is 0 Å². The molecule has 2 bridgehead atoms. The first-order valence-corrected chi connectivity index (χ1v) is 10.4. The van der Waals surface area contributed by atoms with Crippen LogP contribution in [0.2, 0.25) is 0 Å². The average Bonchev–Trinajstić information content (AvgIpc) is 3.54. The second-order valence-corrected chi connectivity index (χ2v) is 8.03. The number of hydrogen-bond acceptors (Lipinski definition) is 8. The van der Waals surface area contributed by atoms with Crippen LogP contribution >= 0.6 is 0 Å². The Morgan fingerprint density at radius 2 is 2.03 bits per heavy atom. The molecule has 9 nitrogen and oxygen atoms in total. The monoisotopic (exact) mass is 432 g/mol. The maximum atomic E-state index is 14.6. The maximum absolute atomic E-state index is 14.6. The molecule has 4 aromatic rings. The predicted molar refractivity (Wildman–Crippen MR) is 118 cm³/mol. The van der Waals surface area contributed by atoms with E-state index >= 15 is 0 Å². The Hall–Kier alpha value is -3.79. The first-order chi connectivity index (χ1) is 15.7. The van der Waals surface area contributed by atoms with Gasteiger partial charge in [0.05, 0.1) is 42.6 Å². The third-order valence-corrected chi connectivity index (χ3v) is 6.11. The van der Waals surface area contributed by atoms with E-state index < -0.39 is 5.82 Å². The summed E-state index contributed by atoms with van der Waals surface area (Å²) >= 11 is 0. The van der Waals surface area contributed by atoms with Crippen molar-refractivity contribution in [1.29, 1.82) is 0 Å². The Balaban J connectivity index is 1.46. The third-order valence-electron chi connectivity index (χ3n) is 6.11. The summed E-state index contributed by atoms with van der Waals surface area (Å²) in [4.78, 5) is 15.2. The molecule has 0 unspecified atom stereocenters. The molecule has 2 aliphatic heterocycles. The molecule has 1 aromatic carbocycles. The molecule has 2 atom stereocenters. The Morgan fingerprint density at radius 3 is 2.78 bits per heavy atom. The van der Waals surface area contributed by atoms with Crippen molar-refractivity contribution >= 4 is 28.2 Å². The van der Waals surface area contributed by atoms with Crippen molar-refractivity contribution in [2.45, 2.75) is 18.5 Å². The van der Waals surface area contributed by atoms with Gasteiger partial charge in [-0.2, -0.15) is 0 Å². The molecule has 0 spiro atoms. The highest BCUT2D eigenvalue weighted by atomic mass is 19.1. The lowest BCUT2D eigenvalue weighted by molar-refractivity contribution is 0.387. The van der Waals surface area contributed by atoms with Crippen molar-refractivity contribution in [2.75, 3.05) is 30.4 Å². The van der Waals surface area contributed by atoms with Gasteiger partial charge in [0, 0.05) is 49.0 Å². The largest absolute Gasteiger partial charge is 0.494 e. The van der Waals surface area contributed by atoms with Gasteiger partial charge in [-0.15, -0.1) is 5.10 Å². The van der Waals surface area contributed by atoms with E-state index in [4.69, 9.17) is 9.84 Å². The number of fused-ring (bicyclic) bond motifs is 3. The van der Waals surface area contributed by atoms with Gasteiger partial charge >= 0.3 is 0 Å². The summed E-state index contributed by atoms with van der Waals surface area (Å²) in [6.07, 6.45) is 9.54. The number of pyridine rings is 1. The van der Waals surface area contributed by atoms with Gasteiger partial charge in [0.1, 0.15) is 5.82 Å². The van der Waals surface area contributed by atoms with E-state index in [-0.39, 0.29) is 5.75 Å². The minimum atomic E-state index is -0.464. The highest BCUT2D eigenvalue weighted by molar-refractivity contribution is 5.93. The zero-order valence-corrected chi connectivity index (χ0v) is 17.4. The number of nitrogens with one attached hydrogen (secondary N) is 2. The van der Waals surface area contributed by atoms with Crippen LogP contribution in [0.15, 0.2) is 49.2 Å². The van der Waals surface area contributed by atoms with Gasteiger partial charge in [-0.3, -0.25) is 9.97 Å². The van der Waals surface area contributed by atoms with Crippen molar-refractivity contribution < 1.29 is 9.13 Å². The summed E-state index contributed by atoms with van der Waals surface area (Å²) in [5.74, 6) is 0.672. The lowest BCUT2D eigenvalue weighted by atomic mass is 10.2. The molecule has 0 amide bonds. The fourth-order valence-electron chi connectivity index (χ4n) is 4.61. The highest BCUT2D eigenvalue weighted by Gasteiger charge is 2.37. The topological polar surface area (TPSA) is 93.0 Å². The fourth-order valence-corrected chi connectivity index (χ4v) is 4.61. The second-order valence-electron chi connectivity index (χ2n) is 8.03. The van der Waals surface area contributed by atoms with Crippen LogP contribution in [0.5, 0.6) is 5.75 Å². The quantitative estimate of drug-likeness (QED) is 0.497. The van der Waals surface area contributed by atoms with E-state index in [1.54, 1.807) is 35.5 Å². The molecular weight excluding hydrogens is 411 g/mol. The van der Waals surface area contributed by atoms with Gasteiger partial charge in [0.15, 0.2) is 17.4 Å². The SMILES string of the molecule is COc1cc2c(cc1F)c(Nc1cnccn1)nn2-c1cncc(N2C[C@@H]3C[C@H]2CN3)c1. The molecule has 0 aliphatic carbocycles. The van der Waals surface area contributed by atoms with E-state index in [1.807, 2.05) is 6.20 Å². The molecule has 0 radical (unpaired) electrons. The van der Waals surface area contributed by atoms with Crippen molar-refractivity contribution in [3.63, 3.8) is 0 Å². The average molecular weight is 432 g/mol. The molecule has 2 N–H and O–H groups in total. The van der Waals surface area contributed by atoms with Crippen LogP contribution < -0.4 is 20.3 Å². The predicted octanol–water partition coefficient (Wildman–Crippen LogP) is 2.65. The second kappa shape index (κ2) is 7.41. The number of ether oxygens (including phenoxy) is 1. The molecule has 6 rings (SSSR count). The van der Waals surface area contributed by atoms with Crippen LogP contribution in [0.3, 0.4) is 0 Å². The molecule has 10 heteroatoms. The Bertz CT molecular complexity index is 1290. The summed E-state index contributed by atoms with van der Waals surface area (Å²) in [6, 6.07) is 6.15. The van der Waals surface area contributed by atoms with Crippen molar-refractivity contribution in [3.8, 4) is 11.4 Å². The number of piperazine rings is 1. The number of anilines is 3. The third kappa shape index (κ3) is 3.11. The molecule has 162 valence electrons. The summed E-state index contributed by atoms with van der Waals surface area (Å²) < 4.78 is 21.5. The van der Waals surface area contributed by atoms with E-state index in [9.17, 15) is 4.39 Å². The molecule has 3 aromatic heterocycles. The summed E-state index contributed by atoms with van der Waals surface area (Å²) in [5.41, 5.74) is 2.53.